The maximum absolute atomic E-state index is 12.3. The Morgan fingerprint density at radius 1 is 1.29 bits per heavy atom. The highest BCUT2D eigenvalue weighted by molar-refractivity contribution is 7.71. The molecule has 128 valence electrons. The van der Waals surface area contributed by atoms with Crippen LogP contribution in [0.15, 0.2) is 36.7 Å². The molecule has 2 N–H and O–H groups in total. The van der Waals surface area contributed by atoms with Crippen LogP contribution in [0.1, 0.15) is 30.1 Å². The number of H-pyrrole nitrogens is 1. The molecule has 2 heterocycles. The summed E-state index contributed by atoms with van der Waals surface area (Å²) in [5, 5.41) is 3.04. The average Bonchev–Trinajstić information content (AvgIpc) is 3.24. The molecule has 1 saturated heterocycles. The van der Waals surface area contributed by atoms with Crippen molar-refractivity contribution in [3.63, 3.8) is 0 Å². The Bertz CT molecular complexity index is 728. The van der Waals surface area contributed by atoms with Crippen LogP contribution in [-0.4, -0.2) is 46.5 Å². The zero-order chi connectivity index (χ0) is 16.9. The Labute approximate surface area is 147 Å². The van der Waals surface area contributed by atoms with E-state index in [1.165, 1.54) is 25.9 Å². The number of nitrogens with zero attached hydrogens (tertiary/aromatic N) is 2. The summed E-state index contributed by atoms with van der Waals surface area (Å²) in [4.78, 5) is 17.7. The Morgan fingerprint density at radius 2 is 2.00 bits per heavy atom. The molecule has 3 rings (SSSR count). The molecule has 1 aromatic heterocycles. The Hall–Kier alpha value is -1.92. The van der Waals surface area contributed by atoms with Gasteiger partial charge < -0.3 is 15.2 Å². The Kier molecular flexibility index (Phi) is 5.48. The number of aromatic nitrogens is 2. The van der Waals surface area contributed by atoms with Gasteiger partial charge in [-0.15, -0.1) is 0 Å². The lowest BCUT2D eigenvalue weighted by molar-refractivity contribution is 0.0945. The van der Waals surface area contributed by atoms with E-state index in [1.807, 2.05) is 35.0 Å². The summed E-state index contributed by atoms with van der Waals surface area (Å²) < 4.78 is 2.51. The van der Waals surface area contributed by atoms with E-state index in [2.05, 4.69) is 22.1 Å². The number of aromatic amines is 1. The minimum Gasteiger partial charge on any atom is -0.352 e. The van der Waals surface area contributed by atoms with Crippen LogP contribution < -0.4 is 5.32 Å². The predicted octanol–water partition coefficient (Wildman–Crippen LogP) is 3.00. The molecule has 6 heteroatoms. The maximum atomic E-state index is 12.3. The first-order chi connectivity index (χ1) is 11.6. The van der Waals surface area contributed by atoms with Gasteiger partial charge in [0.1, 0.15) is 0 Å². The number of carbonyl (C=O) groups is 1. The summed E-state index contributed by atoms with van der Waals surface area (Å²) in [6.45, 7) is 6.35. The van der Waals surface area contributed by atoms with Crippen molar-refractivity contribution in [1.82, 2.24) is 19.8 Å². The first-order valence-corrected chi connectivity index (χ1v) is 8.91. The lowest BCUT2D eigenvalue weighted by Gasteiger charge is -2.20. The number of rotatable bonds is 6. The number of likely N-dealkylation sites (tertiary alicyclic amines) is 1. The van der Waals surface area contributed by atoms with Gasteiger partial charge in [0.2, 0.25) is 0 Å². The van der Waals surface area contributed by atoms with E-state index in [1.54, 1.807) is 6.20 Å². The molecule has 1 fully saturated rings. The molecule has 0 bridgehead atoms. The summed E-state index contributed by atoms with van der Waals surface area (Å²) in [6.07, 6.45) is 6.27. The van der Waals surface area contributed by atoms with E-state index in [4.69, 9.17) is 12.2 Å². The number of hydrogen-bond acceptors (Lipinski definition) is 3. The molecule has 1 aromatic carbocycles. The van der Waals surface area contributed by atoms with Crippen molar-refractivity contribution >= 4 is 18.1 Å². The van der Waals surface area contributed by atoms with E-state index in [-0.39, 0.29) is 5.91 Å². The van der Waals surface area contributed by atoms with Gasteiger partial charge >= 0.3 is 0 Å². The molecule has 5 nitrogen and oxygen atoms in total. The van der Waals surface area contributed by atoms with E-state index < -0.39 is 0 Å². The number of imidazole rings is 1. The molecule has 1 aliphatic heterocycles. The van der Waals surface area contributed by atoms with Gasteiger partial charge in [0.15, 0.2) is 4.77 Å². The highest BCUT2D eigenvalue weighted by atomic mass is 32.1. The second-order valence-electron chi connectivity index (χ2n) is 6.51. The van der Waals surface area contributed by atoms with Crippen LogP contribution in [0, 0.1) is 10.7 Å². The molecule has 1 aliphatic rings. The third-order valence-electron chi connectivity index (χ3n) is 4.44. The highest BCUT2D eigenvalue weighted by Crippen LogP contribution is 2.12. The summed E-state index contributed by atoms with van der Waals surface area (Å²) >= 11 is 5.20. The smallest absolute Gasteiger partial charge is 0.251 e. The van der Waals surface area contributed by atoms with Crippen LogP contribution >= 0.6 is 12.2 Å². The fraction of sp³-hybridized carbons (Fsp3) is 0.444. The summed E-state index contributed by atoms with van der Waals surface area (Å²) in [5.41, 5.74) is 1.62. The third kappa shape index (κ3) is 4.13. The van der Waals surface area contributed by atoms with Gasteiger partial charge in [-0.25, -0.2) is 0 Å². The van der Waals surface area contributed by atoms with Crippen LogP contribution in [0.2, 0.25) is 0 Å². The van der Waals surface area contributed by atoms with Crippen LogP contribution in [0.5, 0.6) is 0 Å². The fourth-order valence-corrected chi connectivity index (χ4v) is 3.37. The van der Waals surface area contributed by atoms with Crippen LogP contribution in [0.25, 0.3) is 5.69 Å². The van der Waals surface area contributed by atoms with E-state index in [9.17, 15) is 4.79 Å². The fourth-order valence-electron chi connectivity index (χ4n) is 3.14. The van der Waals surface area contributed by atoms with Crippen LogP contribution in [-0.2, 0) is 0 Å². The molecule has 1 amide bonds. The van der Waals surface area contributed by atoms with E-state index >= 15 is 0 Å². The number of benzene rings is 1. The van der Waals surface area contributed by atoms with Crippen molar-refractivity contribution in [3.8, 4) is 5.69 Å². The van der Waals surface area contributed by atoms with Gasteiger partial charge in [0, 0.05) is 36.7 Å². The van der Waals surface area contributed by atoms with Gasteiger partial charge in [-0.3, -0.25) is 9.36 Å². The number of carbonyl (C=O) groups excluding carboxylic acids is 1. The summed E-state index contributed by atoms with van der Waals surface area (Å²) in [6, 6.07) is 7.49. The molecule has 24 heavy (non-hydrogen) atoms. The zero-order valence-corrected chi connectivity index (χ0v) is 14.8. The molecular formula is C18H24N4OS. The summed E-state index contributed by atoms with van der Waals surface area (Å²) in [5.74, 6) is 0.442. The van der Waals surface area contributed by atoms with Gasteiger partial charge in [-0.05, 0) is 68.3 Å². The van der Waals surface area contributed by atoms with Crippen molar-refractivity contribution < 1.29 is 4.79 Å². The van der Waals surface area contributed by atoms with Crippen molar-refractivity contribution in [2.45, 2.75) is 19.8 Å². The minimum atomic E-state index is -0.0208. The largest absolute Gasteiger partial charge is 0.352 e. The van der Waals surface area contributed by atoms with Crippen molar-refractivity contribution in [3.05, 3.63) is 47.0 Å². The van der Waals surface area contributed by atoms with Gasteiger partial charge in [0.25, 0.3) is 5.91 Å². The van der Waals surface area contributed by atoms with E-state index in [0.717, 1.165) is 12.2 Å². The first-order valence-electron chi connectivity index (χ1n) is 8.50. The Morgan fingerprint density at radius 3 is 2.62 bits per heavy atom. The molecular weight excluding hydrogens is 320 g/mol. The predicted molar refractivity (Wildman–Crippen MR) is 98.1 cm³/mol. The molecule has 0 saturated carbocycles. The van der Waals surface area contributed by atoms with Crippen LogP contribution in [0.3, 0.4) is 0 Å². The monoisotopic (exact) mass is 344 g/mol. The second kappa shape index (κ2) is 7.77. The number of hydrogen-bond donors (Lipinski definition) is 2. The normalized spacial score (nSPS) is 16.2. The van der Waals surface area contributed by atoms with Gasteiger partial charge in [-0.1, -0.05) is 6.92 Å². The SMILES string of the molecule is C[C@@H](CNC(=O)c1ccc(-n2cc[nH]c2=S)cc1)CN1CCCC1. The number of nitrogens with one attached hydrogen (secondary N) is 2. The number of amides is 1. The molecule has 2 aromatic rings. The lowest BCUT2D eigenvalue weighted by atomic mass is 10.1. The van der Waals surface area contributed by atoms with Crippen LogP contribution in [0.4, 0.5) is 0 Å². The zero-order valence-electron chi connectivity index (χ0n) is 14.0. The summed E-state index contributed by atoms with van der Waals surface area (Å²) in [7, 11) is 0. The average molecular weight is 344 g/mol. The molecule has 1 atom stereocenters. The topological polar surface area (TPSA) is 53.1 Å². The van der Waals surface area contributed by atoms with E-state index in [0.29, 0.717) is 22.8 Å². The van der Waals surface area contributed by atoms with Gasteiger partial charge in [0.05, 0.1) is 0 Å². The minimum absolute atomic E-state index is 0.0208. The maximum Gasteiger partial charge on any atom is 0.251 e. The standard InChI is InChI=1S/C18H24N4OS/c1-14(13-21-9-2-3-10-21)12-20-17(23)15-4-6-16(7-5-15)22-11-8-19-18(22)24/h4-8,11,14H,2-3,9-10,12-13H2,1H3,(H,19,24)(H,20,23)/t14-/m0/s1. The molecule has 0 spiro atoms. The highest BCUT2D eigenvalue weighted by Gasteiger charge is 2.15. The third-order valence-corrected chi connectivity index (χ3v) is 4.75. The second-order valence-corrected chi connectivity index (χ2v) is 6.89. The Balaban J connectivity index is 1.53. The molecule has 0 unspecified atom stereocenters. The molecule has 0 aliphatic carbocycles. The first kappa shape index (κ1) is 16.9. The lowest BCUT2D eigenvalue weighted by Crippen LogP contribution is -2.34. The molecule has 0 radical (unpaired) electrons. The quantitative estimate of drug-likeness (QED) is 0.792. The van der Waals surface area contributed by atoms with Gasteiger partial charge in [-0.2, -0.15) is 0 Å². The van der Waals surface area contributed by atoms with Crippen molar-refractivity contribution in [2.75, 3.05) is 26.2 Å². The van der Waals surface area contributed by atoms with Crippen molar-refractivity contribution in [1.29, 1.82) is 0 Å². The van der Waals surface area contributed by atoms with Crippen molar-refractivity contribution in [2.24, 2.45) is 5.92 Å².